The van der Waals surface area contributed by atoms with Gasteiger partial charge in [0.2, 0.25) is 5.88 Å². The molecule has 2 atom stereocenters. The van der Waals surface area contributed by atoms with Crippen LogP contribution in [0.3, 0.4) is 0 Å². The van der Waals surface area contributed by atoms with Gasteiger partial charge in [-0.2, -0.15) is 0 Å². The predicted molar refractivity (Wildman–Crippen MR) is 122 cm³/mol. The summed E-state index contributed by atoms with van der Waals surface area (Å²) in [4.78, 5) is 45.8. The van der Waals surface area contributed by atoms with Gasteiger partial charge in [0.05, 0.1) is 5.02 Å². The van der Waals surface area contributed by atoms with Crippen molar-refractivity contribution < 1.29 is 23.5 Å². The normalized spacial score (nSPS) is 19.7. The SMILES string of the molecule is CN(C(N)=O)C(=O)c1cc(Cl)cnc1OCC(=O)N1C2CCC1CN(Cc1ccc(F)cc1)C2. The topological polar surface area (TPSA) is 109 Å². The summed E-state index contributed by atoms with van der Waals surface area (Å²) in [7, 11) is 1.23. The van der Waals surface area contributed by atoms with E-state index in [0.29, 0.717) is 24.5 Å². The summed E-state index contributed by atoms with van der Waals surface area (Å²) in [5.74, 6) is -1.30. The Morgan fingerprint density at radius 3 is 2.47 bits per heavy atom. The fraction of sp³-hybridized carbons (Fsp3) is 0.391. The number of carbonyl (C=O) groups excluding carboxylic acids is 3. The van der Waals surface area contributed by atoms with Crippen LogP contribution in [-0.4, -0.2) is 76.4 Å². The molecule has 1 aromatic carbocycles. The van der Waals surface area contributed by atoms with Crippen molar-refractivity contribution in [3.8, 4) is 5.88 Å². The molecule has 2 saturated heterocycles. The lowest BCUT2D eigenvalue weighted by Crippen LogP contribution is -2.56. The molecule has 0 saturated carbocycles. The van der Waals surface area contributed by atoms with Crippen LogP contribution in [0.25, 0.3) is 0 Å². The lowest BCUT2D eigenvalue weighted by Gasteiger charge is -2.41. The van der Waals surface area contributed by atoms with Gasteiger partial charge in [0.15, 0.2) is 6.61 Å². The Morgan fingerprint density at radius 1 is 1.21 bits per heavy atom. The first kappa shape index (κ1) is 23.9. The Labute approximate surface area is 201 Å². The van der Waals surface area contributed by atoms with Gasteiger partial charge in [0, 0.05) is 45.0 Å². The van der Waals surface area contributed by atoms with Crippen molar-refractivity contribution in [1.29, 1.82) is 0 Å². The van der Waals surface area contributed by atoms with Crippen molar-refractivity contribution in [3.05, 3.63) is 58.5 Å². The molecule has 0 spiro atoms. The van der Waals surface area contributed by atoms with Crippen LogP contribution >= 0.6 is 11.6 Å². The Hall–Kier alpha value is -3.24. The van der Waals surface area contributed by atoms with Gasteiger partial charge in [-0.3, -0.25) is 19.4 Å². The molecule has 2 aliphatic heterocycles. The number of ether oxygens (including phenoxy) is 1. The third-order valence-corrected chi connectivity index (χ3v) is 6.39. The number of nitrogens with two attached hydrogens (primary N) is 1. The smallest absolute Gasteiger partial charge is 0.321 e. The van der Waals surface area contributed by atoms with Crippen LogP contribution in [0.2, 0.25) is 5.02 Å². The summed E-state index contributed by atoms with van der Waals surface area (Å²) in [6.07, 6.45) is 3.08. The molecule has 180 valence electrons. The molecule has 2 aromatic rings. The fourth-order valence-corrected chi connectivity index (χ4v) is 4.71. The number of pyridine rings is 1. The molecule has 11 heteroatoms. The van der Waals surface area contributed by atoms with E-state index in [0.717, 1.165) is 18.4 Å². The molecular weight excluding hydrogens is 465 g/mol. The van der Waals surface area contributed by atoms with E-state index < -0.39 is 11.9 Å². The third kappa shape index (κ3) is 5.13. The second-order valence-electron chi connectivity index (χ2n) is 8.50. The number of imide groups is 1. The third-order valence-electron chi connectivity index (χ3n) is 6.18. The molecule has 1 aromatic heterocycles. The Kier molecular flexibility index (Phi) is 6.99. The molecule has 2 unspecified atom stereocenters. The lowest BCUT2D eigenvalue weighted by molar-refractivity contribution is -0.139. The maximum Gasteiger partial charge on any atom is 0.321 e. The van der Waals surface area contributed by atoms with E-state index in [4.69, 9.17) is 22.1 Å². The number of hydrogen-bond donors (Lipinski definition) is 1. The highest BCUT2D eigenvalue weighted by Gasteiger charge is 2.42. The number of fused-ring (bicyclic) bond motifs is 2. The predicted octanol–water partition coefficient (Wildman–Crippen LogP) is 2.28. The van der Waals surface area contributed by atoms with E-state index in [9.17, 15) is 18.8 Å². The maximum atomic E-state index is 13.2. The highest BCUT2D eigenvalue weighted by molar-refractivity contribution is 6.31. The number of primary amides is 1. The number of amides is 4. The first-order valence-corrected chi connectivity index (χ1v) is 11.2. The Bertz CT molecular complexity index is 1090. The first-order chi connectivity index (χ1) is 16.2. The summed E-state index contributed by atoms with van der Waals surface area (Å²) in [5.41, 5.74) is 6.14. The van der Waals surface area contributed by atoms with Gasteiger partial charge < -0.3 is 15.4 Å². The summed E-state index contributed by atoms with van der Waals surface area (Å²) in [6.45, 7) is 1.82. The van der Waals surface area contributed by atoms with Crippen LogP contribution < -0.4 is 10.5 Å². The van der Waals surface area contributed by atoms with E-state index >= 15 is 0 Å². The standard InChI is InChI=1S/C23H25ClFN5O4/c1-28(23(26)33)22(32)19-8-15(24)9-27-21(19)34-13-20(31)30-17-6-7-18(30)12-29(11-17)10-14-2-4-16(25)5-3-14/h2-5,8-9,17-18H,6-7,10-13H2,1H3,(H2,26,33). The van der Waals surface area contributed by atoms with E-state index in [-0.39, 0.29) is 46.9 Å². The second-order valence-corrected chi connectivity index (χ2v) is 8.94. The molecular formula is C23H25ClFN5O4. The van der Waals surface area contributed by atoms with Crippen LogP contribution in [0, 0.1) is 5.82 Å². The highest BCUT2D eigenvalue weighted by atomic mass is 35.5. The molecule has 4 rings (SSSR count). The number of urea groups is 1. The summed E-state index contributed by atoms with van der Waals surface area (Å²) >= 11 is 5.95. The lowest BCUT2D eigenvalue weighted by atomic mass is 10.1. The number of likely N-dealkylation sites (tertiary alicyclic amines) is 1. The zero-order valence-electron chi connectivity index (χ0n) is 18.6. The Balaban J connectivity index is 1.39. The molecule has 0 radical (unpaired) electrons. The summed E-state index contributed by atoms with van der Waals surface area (Å²) < 4.78 is 18.8. The second kappa shape index (κ2) is 9.94. The van der Waals surface area contributed by atoms with E-state index in [2.05, 4.69) is 9.88 Å². The number of hydrogen-bond acceptors (Lipinski definition) is 6. The first-order valence-electron chi connectivity index (χ1n) is 10.9. The Morgan fingerprint density at radius 2 is 1.85 bits per heavy atom. The monoisotopic (exact) mass is 489 g/mol. The van der Waals surface area contributed by atoms with E-state index in [1.807, 2.05) is 4.90 Å². The minimum Gasteiger partial charge on any atom is -0.467 e. The molecule has 3 heterocycles. The van der Waals surface area contributed by atoms with Gasteiger partial charge in [0.25, 0.3) is 11.8 Å². The average molecular weight is 490 g/mol. The zero-order valence-corrected chi connectivity index (χ0v) is 19.4. The van der Waals surface area contributed by atoms with Crippen molar-refractivity contribution in [1.82, 2.24) is 19.7 Å². The molecule has 2 aliphatic rings. The van der Waals surface area contributed by atoms with Crippen LogP contribution in [0.15, 0.2) is 36.5 Å². The van der Waals surface area contributed by atoms with Gasteiger partial charge >= 0.3 is 6.03 Å². The van der Waals surface area contributed by atoms with Gasteiger partial charge in [0.1, 0.15) is 11.4 Å². The molecule has 2 bridgehead atoms. The number of nitrogens with zero attached hydrogens (tertiary/aromatic N) is 4. The quantitative estimate of drug-likeness (QED) is 0.666. The number of piperazine rings is 1. The highest BCUT2D eigenvalue weighted by Crippen LogP contribution is 2.31. The fourth-order valence-electron chi connectivity index (χ4n) is 4.55. The van der Waals surface area contributed by atoms with Crippen LogP contribution in [0.4, 0.5) is 9.18 Å². The number of halogens is 2. The number of rotatable bonds is 6. The molecule has 0 aliphatic carbocycles. The van der Waals surface area contributed by atoms with Crippen LogP contribution in [-0.2, 0) is 11.3 Å². The average Bonchev–Trinajstić information content (AvgIpc) is 3.08. The van der Waals surface area contributed by atoms with Gasteiger partial charge in [-0.15, -0.1) is 0 Å². The number of benzene rings is 1. The van der Waals surface area contributed by atoms with E-state index in [1.165, 1.54) is 31.4 Å². The van der Waals surface area contributed by atoms with Crippen molar-refractivity contribution >= 4 is 29.4 Å². The van der Waals surface area contributed by atoms with E-state index in [1.54, 1.807) is 12.1 Å². The van der Waals surface area contributed by atoms with Crippen LogP contribution in [0.1, 0.15) is 28.8 Å². The largest absolute Gasteiger partial charge is 0.467 e. The molecule has 2 fully saturated rings. The van der Waals surface area contributed by atoms with Gasteiger partial charge in [-0.1, -0.05) is 23.7 Å². The summed E-state index contributed by atoms with van der Waals surface area (Å²) in [6, 6.07) is 6.92. The van der Waals surface area contributed by atoms with Gasteiger partial charge in [-0.05, 0) is 36.6 Å². The van der Waals surface area contributed by atoms with Crippen molar-refractivity contribution in [2.24, 2.45) is 5.73 Å². The molecule has 4 amide bonds. The molecule has 2 N–H and O–H groups in total. The minimum atomic E-state index is -0.943. The molecule has 34 heavy (non-hydrogen) atoms. The summed E-state index contributed by atoms with van der Waals surface area (Å²) in [5, 5.41) is 0.176. The van der Waals surface area contributed by atoms with Crippen LogP contribution in [0.5, 0.6) is 5.88 Å². The van der Waals surface area contributed by atoms with Crippen molar-refractivity contribution in [2.45, 2.75) is 31.5 Å². The van der Waals surface area contributed by atoms with Gasteiger partial charge in [-0.25, -0.2) is 14.2 Å². The molecule has 9 nitrogen and oxygen atoms in total. The van der Waals surface area contributed by atoms with Crippen molar-refractivity contribution in [2.75, 3.05) is 26.7 Å². The zero-order chi connectivity index (χ0) is 24.4. The minimum absolute atomic E-state index is 0.0515. The number of carbonyl (C=O) groups is 3. The maximum absolute atomic E-state index is 13.2. The number of aromatic nitrogens is 1. The van der Waals surface area contributed by atoms with Crippen molar-refractivity contribution in [3.63, 3.8) is 0 Å².